The minimum Gasteiger partial charge on any atom is -0.344 e. The lowest BCUT2D eigenvalue weighted by Gasteiger charge is -2.72. The second-order valence-electron chi connectivity index (χ2n) is 8.31. The van der Waals surface area contributed by atoms with Gasteiger partial charge in [-0.15, -0.1) is 0 Å². The Hall–Kier alpha value is -0.120. The molecule has 3 heteroatoms. The molecule has 0 aromatic heterocycles. The first-order valence-electron chi connectivity index (χ1n) is 8.31. The van der Waals surface area contributed by atoms with Gasteiger partial charge in [-0.1, -0.05) is 27.2 Å². The van der Waals surface area contributed by atoms with Gasteiger partial charge < -0.3 is 15.2 Å². The fourth-order valence-corrected chi connectivity index (χ4v) is 5.75. The molecule has 20 heavy (non-hydrogen) atoms. The second kappa shape index (κ2) is 4.21. The number of nitrogens with two attached hydrogens (primary N) is 1. The minimum atomic E-state index is -0.458. The fraction of sp³-hybridized carbons (Fsp3) is 1.00. The molecule has 0 aromatic carbocycles. The first-order chi connectivity index (χ1) is 9.23. The van der Waals surface area contributed by atoms with Crippen molar-refractivity contribution in [3.8, 4) is 0 Å². The van der Waals surface area contributed by atoms with Crippen LogP contribution in [0.15, 0.2) is 0 Å². The van der Waals surface area contributed by atoms with Crippen LogP contribution in [0.3, 0.4) is 0 Å². The summed E-state index contributed by atoms with van der Waals surface area (Å²) in [6.07, 6.45) is 6.18. The quantitative estimate of drug-likeness (QED) is 0.858. The van der Waals surface area contributed by atoms with Crippen molar-refractivity contribution in [3.05, 3.63) is 0 Å². The fourth-order valence-electron chi connectivity index (χ4n) is 5.75. The van der Waals surface area contributed by atoms with Gasteiger partial charge in [-0.25, -0.2) is 0 Å². The van der Waals surface area contributed by atoms with Gasteiger partial charge in [0, 0.05) is 0 Å². The van der Waals surface area contributed by atoms with Gasteiger partial charge in [0.2, 0.25) is 0 Å². The summed E-state index contributed by atoms with van der Waals surface area (Å²) in [7, 11) is 0. The average Bonchev–Trinajstić information content (AvgIpc) is 2.59. The Labute approximate surface area is 123 Å². The molecule has 3 saturated carbocycles. The summed E-state index contributed by atoms with van der Waals surface area (Å²) >= 11 is 0. The van der Waals surface area contributed by atoms with Crippen LogP contribution in [0.25, 0.3) is 0 Å². The number of hydrogen-bond acceptors (Lipinski definition) is 3. The van der Waals surface area contributed by atoms with E-state index >= 15 is 0 Å². The normalized spacial score (nSPS) is 47.7. The molecule has 0 unspecified atom stereocenters. The molecule has 4 aliphatic rings. The lowest BCUT2D eigenvalue weighted by molar-refractivity contribution is -0.276. The zero-order valence-electron chi connectivity index (χ0n) is 13.8. The predicted octanol–water partition coefficient (Wildman–Crippen LogP) is 3.46. The van der Waals surface area contributed by atoms with E-state index in [-0.39, 0.29) is 11.7 Å². The van der Waals surface area contributed by atoms with E-state index in [0.29, 0.717) is 23.3 Å². The summed E-state index contributed by atoms with van der Waals surface area (Å²) in [6, 6.07) is 0. The third kappa shape index (κ3) is 1.63. The molecule has 0 spiro atoms. The Balaban J connectivity index is 1.97. The Kier molecular flexibility index (Phi) is 3.11. The highest BCUT2D eigenvalue weighted by Crippen LogP contribution is 2.75. The molecule has 1 aliphatic heterocycles. The average molecular weight is 281 g/mol. The molecule has 1 heterocycles. The number of ether oxygens (including phenoxy) is 2. The molecule has 4 fully saturated rings. The molecule has 3 aliphatic carbocycles. The Bertz CT molecular complexity index is 406. The summed E-state index contributed by atoms with van der Waals surface area (Å²) < 4.78 is 12.8. The van der Waals surface area contributed by atoms with Crippen LogP contribution in [0.4, 0.5) is 0 Å². The second-order valence-corrected chi connectivity index (χ2v) is 8.31. The van der Waals surface area contributed by atoms with Crippen LogP contribution in [0.1, 0.15) is 66.7 Å². The topological polar surface area (TPSA) is 44.5 Å². The van der Waals surface area contributed by atoms with Gasteiger partial charge >= 0.3 is 0 Å². The molecular formula is C17H31NO2. The van der Waals surface area contributed by atoms with Crippen LogP contribution in [0.2, 0.25) is 0 Å². The molecule has 2 bridgehead atoms. The third-order valence-electron chi connectivity index (χ3n) is 6.67. The van der Waals surface area contributed by atoms with Crippen LogP contribution in [-0.2, 0) is 9.47 Å². The molecular weight excluding hydrogens is 250 g/mol. The van der Waals surface area contributed by atoms with Crippen molar-refractivity contribution in [1.29, 1.82) is 0 Å². The number of rotatable bonds is 4. The minimum absolute atomic E-state index is 0.142. The Morgan fingerprint density at radius 2 is 1.80 bits per heavy atom. The predicted molar refractivity (Wildman–Crippen MR) is 80.3 cm³/mol. The Morgan fingerprint density at radius 1 is 1.10 bits per heavy atom. The molecule has 0 amide bonds. The third-order valence-corrected chi connectivity index (χ3v) is 6.67. The van der Waals surface area contributed by atoms with Crippen LogP contribution in [0, 0.1) is 16.7 Å². The molecule has 4 rings (SSSR count). The van der Waals surface area contributed by atoms with Gasteiger partial charge in [-0.3, -0.25) is 0 Å². The van der Waals surface area contributed by atoms with E-state index in [4.69, 9.17) is 15.2 Å². The van der Waals surface area contributed by atoms with Gasteiger partial charge in [0.05, 0.1) is 6.10 Å². The summed E-state index contributed by atoms with van der Waals surface area (Å²) in [4.78, 5) is 0. The van der Waals surface area contributed by atoms with E-state index in [0.717, 1.165) is 12.8 Å². The van der Waals surface area contributed by atoms with Crippen molar-refractivity contribution in [1.82, 2.24) is 0 Å². The SMILES string of the molecule is CCC[C@@]12C[C@@H]3OC(C)(C)O[C@]3(CCN)[C@@H](C1)C2(C)C. The van der Waals surface area contributed by atoms with Gasteiger partial charge in [0.25, 0.3) is 0 Å². The van der Waals surface area contributed by atoms with Crippen molar-refractivity contribution >= 4 is 0 Å². The molecule has 0 aromatic rings. The maximum absolute atomic E-state index is 6.49. The van der Waals surface area contributed by atoms with Crippen LogP contribution >= 0.6 is 0 Å². The van der Waals surface area contributed by atoms with E-state index < -0.39 is 5.79 Å². The smallest absolute Gasteiger partial charge is 0.164 e. The van der Waals surface area contributed by atoms with Gasteiger partial charge in [-0.2, -0.15) is 0 Å². The highest BCUT2D eigenvalue weighted by Gasteiger charge is 2.75. The van der Waals surface area contributed by atoms with Crippen molar-refractivity contribution in [3.63, 3.8) is 0 Å². The molecule has 0 radical (unpaired) electrons. The van der Waals surface area contributed by atoms with Gasteiger partial charge in [0.1, 0.15) is 5.60 Å². The zero-order chi connectivity index (χ0) is 14.8. The summed E-state index contributed by atoms with van der Waals surface area (Å²) in [5.74, 6) is 0.131. The molecule has 4 atom stereocenters. The van der Waals surface area contributed by atoms with Crippen molar-refractivity contribution < 1.29 is 9.47 Å². The number of hydrogen-bond donors (Lipinski definition) is 1. The molecule has 3 nitrogen and oxygen atoms in total. The van der Waals surface area contributed by atoms with E-state index in [1.54, 1.807) is 0 Å². The van der Waals surface area contributed by atoms with Crippen molar-refractivity contribution in [2.75, 3.05) is 6.54 Å². The highest BCUT2D eigenvalue weighted by molar-refractivity contribution is 5.23. The molecule has 2 N–H and O–H groups in total. The largest absolute Gasteiger partial charge is 0.344 e. The lowest BCUT2D eigenvalue weighted by atomic mass is 9.34. The maximum atomic E-state index is 6.49. The van der Waals surface area contributed by atoms with E-state index in [9.17, 15) is 0 Å². The first kappa shape index (κ1) is 14.8. The summed E-state index contributed by atoms with van der Waals surface area (Å²) in [5.41, 5.74) is 6.58. The first-order valence-corrected chi connectivity index (χ1v) is 8.31. The van der Waals surface area contributed by atoms with Crippen LogP contribution < -0.4 is 5.73 Å². The van der Waals surface area contributed by atoms with E-state index in [2.05, 4.69) is 34.6 Å². The zero-order valence-corrected chi connectivity index (χ0v) is 13.8. The molecule has 116 valence electrons. The molecule has 1 saturated heterocycles. The summed E-state index contributed by atoms with van der Waals surface area (Å²) in [6.45, 7) is 12.0. The van der Waals surface area contributed by atoms with E-state index in [1.165, 1.54) is 19.3 Å². The van der Waals surface area contributed by atoms with Crippen LogP contribution in [-0.4, -0.2) is 24.0 Å². The standard InChI is InChI=1S/C17H31NO2/c1-6-7-16-10-12(14(16,2)3)17(8-9-18)13(11-16)19-15(4,5)20-17/h12-13H,6-11,18H2,1-5H3/t12-,13-,16-,17+/m0/s1. The maximum Gasteiger partial charge on any atom is 0.164 e. The van der Waals surface area contributed by atoms with Crippen molar-refractivity contribution in [2.45, 2.75) is 84.2 Å². The monoisotopic (exact) mass is 281 g/mol. The Morgan fingerprint density at radius 3 is 2.35 bits per heavy atom. The van der Waals surface area contributed by atoms with Gasteiger partial charge in [0.15, 0.2) is 5.79 Å². The van der Waals surface area contributed by atoms with E-state index in [1.807, 2.05) is 0 Å². The van der Waals surface area contributed by atoms with Gasteiger partial charge in [-0.05, 0) is 62.8 Å². The highest BCUT2D eigenvalue weighted by atomic mass is 16.8. The summed E-state index contributed by atoms with van der Waals surface area (Å²) in [5, 5.41) is 0. The van der Waals surface area contributed by atoms with Crippen molar-refractivity contribution in [2.24, 2.45) is 22.5 Å². The van der Waals surface area contributed by atoms with Crippen LogP contribution in [0.5, 0.6) is 0 Å². The lowest BCUT2D eigenvalue weighted by Crippen LogP contribution is -2.72.